The topological polar surface area (TPSA) is 66.7 Å². The Balaban J connectivity index is 1.79. The van der Waals surface area contributed by atoms with Gasteiger partial charge in [0.25, 0.3) is 5.91 Å². The third kappa shape index (κ3) is 3.07. The van der Waals surface area contributed by atoms with E-state index in [0.717, 1.165) is 5.56 Å². The summed E-state index contributed by atoms with van der Waals surface area (Å²) in [6.07, 6.45) is 0. The van der Waals surface area contributed by atoms with Crippen molar-refractivity contribution in [1.29, 1.82) is 0 Å². The number of hydrogen-bond donors (Lipinski definition) is 0. The number of rotatable bonds is 2. The van der Waals surface area contributed by atoms with E-state index >= 15 is 0 Å². The fourth-order valence-corrected chi connectivity index (χ4v) is 2.60. The lowest BCUT2D eigenvalue weighted by molar-refractivity contribution is -0.136. The van der Waals surface area contributed by atoms with Crippen LogP contribution in [0, 0.1) is 0 Å². The van der Waals surface area contributed by atoms with Gasteiger partial charge in [-0.05, 0) is 31.2 Å². The van der Waals surface area contributed by atoms with Gasteiger partial charge in [0.15, 0.2) is 11.5 Å². The van der Waals surface area contributed by atoms with Gasteiger partial charge in [0, 0.05) is 36.3 Å². The van der Waals surface area contributed by atoms with E-state index in [9.17, 15) is 9.59 Å². The number of amides is 2. The number of carbonyl (C=O) groups excluding carboxylic acids is 2. The van der Waals surface area contributed by atoms with Crippen LogP contribution in [-0.2, 0) is 4.79 Å². The molecule has 0 spiro atoms. The molecule has 0 bridgehead atoms. The van der Waals surface area contributed by atoms with Gasteiger partial charge in [0.2, 0.25) is 5.91 Å². The molecule has 0 radical (unpaired) electrons. The first-order valence-corrected chi connectivity index (χ1v) is 7.61. The molecule has 1 aliphatic heterocycles. The first-order chi connectivity index (χ1) is 11.0. The monoisotopic (exact) mass is 333 g/mol. The minimum Gasteiger partial charge on any atom is -0.355 e. The highest BCUT2D eigenvalue weighted by atomic mass is 35.5. The number of likely N-dealkylation sites (N-methyl/N-ethyl adjacent to an activating group) is 1. The lowest BCUT2D eigenvalue weighted by atomic mass is 10.1. The third-order valence-corrected chi connectivity index (χ3v) is 4.26. The van der Waals surface area contributed by atoms with E-state index in [0.29, 0.717) is 17.3 Å². The van der Waals surface area contributed by atoms with Crippen LogP contribution in [0.3, 0.4) is 0 Å². The standard InChI is InChI=1S/C16H16ClN3O3/c1-10-8-20(9-15(21)19(10)2)16(22)13-7-14(23-18-13)11-3-5-12(17)6-4-11/h3-7,10H,8-9H2,1-2H3. The smallest absolute Gasteiger partial charge is 0.276 e. The third-order valence-electron chi connectivity index (χ3n) is 4.01. The molecule has 1 fully saturated rings. The Morgan fingerprint density at radius 2 is 2.04 bits per heavy atom. The number of hydrogen-bond acceptors (Lipinski definition) is 4. The molecule has 7 heteroatoms. The Morgan fingerprint density at radius 3 is 2.70 bits per heavy atom. The largest absolute Gasteiger partial charge is 0.355 e. The van der Waals surface area contributed by atoms with Crippen LogP contribution in [0.2, 0.25) is 5.02 Å². The highest BCUT2D eigenvalue weighted by Gasteiger charge is 2.31. The van der Waals surface area contributed by atoms with Crippen molar-refractivity contribution >= 4 is 23.4 Å². The summed E-state index contributed by atoms with van der Waals surface area (Å²) in [5.41, 5.74) is 0.975. The predicted octanol–water partition coefficient (Wildman–Crippen LogP) is 2.30. The van der Waals surface area contributed by atoms with Crippen LogP contribution in [0.5, 0.6) is 0 Å². The quantitative estimate of drug-likeness (QED) is 0.845. The molecule has 1 aromatic heterocycles. The molecule has 3 rings (SSSR count). The van der Waals surface area contributed by atoms with E-state index < -0.39 is 0 Å². The zero-order chi connectivity index (χ0) is 16.6. The van der Waals surface area contributed by atoms with Crippen molar-refractivity contribution in [3.05, 3.63) is 41.0 Å². The molecule has 1 aromatic carbocycles. The molecule has 1 unspecified atom stereocenters. The Kier molecular flexibility index (Phi) is 4.09. The number of aromatic nitrogens is 1. The normalized spacial score (nSPS) is 18.4. The molecule has 1 atom stereocenters. The van der Waals surface area contributed by atoms with Crippen LogP contribution in [0.15, 0.2) is 34.9 Å². The van der Waals surface area contributed by atoms with Gasteiger partial charge in [-0.25, -0.2) is 0 Å². The highest BCUT2D eigenvalue weighted by molar-refractivity contribution is 6.30. The van der Waals surface area contributed by atoms with E-state index in [1.165, 1.54) is 4.90 Å². The summed E-state index contributed by atoms with van der Waals surface area (Å²) in [5, 5.41) is 4.46. The zero-order valence-corrected chi connectivity index (χ0v) is 13.6. The van der Waals surface area contributed by atoms with Gasteiger partial charge in [0.05, 0.1) is 0 Å². The van der Waals surface area contributed by atoms with Crippen LogP contribution in [-0.4, -0.2) is 52.9 Å². The van der Waals surface area contributed by atoms with E-state index in [4.69, 9.17) is 16.1 Å². The lowest BCUT2D eigenvalue weighted by Gasteiger charge is -2.36. The Bertz CT molecular complexity index is 741. The lowest BCUT2D eigenvalue weighted by Crippen LogP contribution is -2.55. The van der Waals surface area contributed by atoms with E-state index in [-0.39, 0.29) is 30.1 Å². The second-order valence-electron chi connectivity index (χ2n) is 5.62. The molecule has 2 aromatic rings. The summed E-state index contributed by atoms with van der Waals surface area (Å²) in [6, 6.07) is 8.61. The van der Waals surface area contributed by atoms with Crippen LogP contribution < -0.4 is 0 Å². The first kappa shape index (κ1) is 15.6. The number of nitrogens with zero attached hydrogens (tertiary/aromatic N) is 3. The summed E-state index contributed by atoms with van der Waals surface area (Å²) in [4.78, 5) is 27.5. The van der Waals surface area contributed by atoms with Crippen molar-refractivity contribution in [3.8, 4) is 11.3 Å². The van der Waals surface area contributed by atoms with Gasteiger partial charge < -0.3 is 14.3 Å². The molecular weight excluding hydrogens is 318 g/mol. The van der Waals surface area contributed by atoms with Gasteiger partial charge in [-0.2, -0.15) is 0 Å². The molecule has 23 heavy (non-hydrogen) atoms. The van der Waals surface area contributed by atoms with Gasteiger partial charge in [0.1, 0.15) is 6.54 Å². The van der Waals surface area contributed by atoms with Crippen LogP contribution in [0.1, 0.15) is 17.4 Å². The maximum absolute atomic E-state index is 12.5. The Hall–Kier alpha value is -2.34. The fourth-order valence-electron chi connectivity index (χ4n) is 2.47. The summed E-state index contributed by atoms with van der Waals surface area (Å²) >= 11 is 5.85. The van der Waals surface area contributed by atoms with Crippen molar-refractivity contribution in [1.82, 2.24) is 15.0 Å². The van der Waals surface area contributed by atoms with Crippen LogP contribution in [0.4, 0.5) is 0 Å². The maximum Gasteiger partial charge on any atom is 0.276 e. The second-order valence-corrected chi connectivity index (χ2v) is 6.06. The molecule has 6 nitrogen and oxygen atoms in total. The van der Waals surface area contributed by atoms with Crippen molar-refractivity contribution < 1.29 is 14.1 Å². The summed E-state index contributed by atoms with van der Waals surface area (Å²) in [5.74, 6) is 0.0966. The molecule has 0 N–H and O–H groups in total. The summed E-state index contributed by atoms with van der Waals surface area (Å²) < 4.78 is 5.24. The molecule has 1 saturated heterocycles. The minimum absolute atomic E-state index is 0.0252. The van der Waals surface area contributed by atoms with Crippen LogP contribution >= 0.6 is 11.6 Å². The molecule has 1 aliphatic rings. The number of piperazine rings is 1. The summed E-state index contributed by atoms with van der Waals surface area (Å²) in [6.45, 7) is 2.44. The average molecular weight is 334 g/mol. The summed E-state index contributed by atoms with van der Waals surface area (Å²) in [7, 11) is 1.74. The second kappa shape index (κ2) is 6.04. The molecule has 120 valence electrons. The molecule has 2 amide bonds. The molecule has 2 heterocycles. The number of halogens is 1. The molecular formula is C16H16ClN3O3. The van der Waals surface area contributed by atoms with Crippen LogP contribution in [0.25, 0.3) is 11.3 Å². The molecule has 0 saturated carbocycles. The van der Waals surface area contributed by atoms with E-state index in [2.05, 4.69) is 5.16 Å². The van der Waals surface area contributed by atoms with Gasteiger partial charge in [-0.3, -0.25) is 9.59 Å². The van der Waals surface area contributed by atoms with Gasteiger partial charge >= 0.3 is 0 Å². The van der Waals surface area contributed by atoms with Gasteiger partial charge in [-0.1, -0.05) is 16.8 Å². The van der Waals surface area contributed by atoms with Crippen molar-refractivity contribution in [2.45, 2.75) is 13.0 Å². The minimum atomic E-state index is -0.303. The number of carbonyl (C=O) groups is 2. The van der Waals surface area contributed by atoms with E-state index in [1.54, 1.807) is 42.3 Å². The predicted molar refractivity (Wildman–Crippen MR) is 85.1 cm³/mol. The average Bonchev–Trinajstić information content (AvgIpc) is 3.02. The SMILES string of the molecule is CC1CN(C(=O)c2cc(-c3ccc(Cl)cc3)on2)CC(=O)N1C. The number of benzene rings is 1. The van der Waals surface area contributed by atoms with Gasteiger partial charge in [-0.15, -0.1) is 0 Å². The van der Waals surface area contributed by atoms with Crippen molar-refractivity contribution in [2.75, 3.05) is 20.1 Å². The Labute approximate surface area is 138 Å². The zero-order valence-electron chi connectivity index (χ0n) is 12.8. The first-order valence-electron chi connectivity index (χ1n) is 7.23. The molecule has 0 aliphatic carbocycles. The van der Waals surface area contributed by atoms with E-state index in [1.807, 2.05) is 6.92 Å². The maximum atomic E-state index is 12.5. The van der Waals surface area contributed by atoms with Crippen molar-refractivity contribution in [3.63, 3.8) is 0 Å². The van der Waals surface area contributed by atoms with Crippen molar-refractivity contribution in [2.24, 2.45) is 0 Å². The fraction of sp³-hybridized carbons (Fsp3) is 0.312. The highest BCUT2D eigenvalue weighted by Crippen LogP contribution is 2.23. The Morgan fingerprint density at radius 1 is 1.35 bits per heavy atom.